The van der Waals surface area contributed by atoms with E-state index in [-0.39, 0.29) is 37.5 Å². The van der Waals surface area contributed by atoms with Gasteiger partial charge in [0.05, 0.1) is 18.9 Å². The second kappa shape index (κ2) is 8.66. The minimum absolute atomic E-state index is 0.0208. The fourth-order valence-electron chi connectivity index (χ4n) is 1.61. The van der Waals surface area contributed by atoms with Gasteiger partial charge in [0, 0.05) is 18.1 Å². The van der Waals surface area contributed by atoms with Crippen LogP contribution in [0, 0.1) is 5.82 Å². The second-order valence-corrected chi connectivity index (χ2v) is 4.32. The zero-order valence-corrected chi connectivity index (χ0v) is 12.2. The van der Waals surface area contributed by atoms with Crippen molar-refractivity contribution in [1.29, 1.82) is 0 Å². The minimum Gasteiger partial charge on any atom is -0.490 e. The van der Waals surface area contributed by atoms with Crippen molar-refractivity contribution >= 4 is 23.7 Å². The summed E-state index contributed by atoms with van der Waals surface area (Å²) in [6.45, 7) is 1.93. The number of carbonyl (C=O) groups is 2. The van der Waals surface area contributed by atoms with E-state index in [1.54, 1.807) is 6.92 Å². The number of hydrogen-bond donors (Lipinski definition) is 2. The van der Waals surface area contributed by atoms with E-state index in [9.17, 15) is 14.0 Å². The monoisotopic (exact) mass is 311 g/mol. The number of carbonyl (C=O) groups excluding carboxylic acids is 1. The zero-order valence-electron chi connectivity index (χ0n) is 12.2. The Balaban J connectivity index is 2.85. The standard InChI is InChI=1S/C15H18FNO5/c1-2-21-13(20)8-6-10-5-7-11(17)14(16)15(10)22-9-3-4-12(18)19/h5-8H,2-4,9,17H2,1H3,(H,18,19). The molecule has 7 heteroatoms. The van der Waals surface area contributed by atoms with Crippen molar-refractivity contribution in [2.24, 2.45) is 0 Å². The van der Waals surface area contributed by atoms with E-state index in [1.165, 1.54) is 18.2 Å². The molecule has 1 aromatic rings. The highest BCUT2D eigenvalue weighted by Gasteiger charge is 2.12. The molecule has 0 saturated heterocycles. The molecule has 0 unspecified atom stereocenters. The third-order valence-electron chi connectivity index (χ3n) is 2.62. The van der Waals surface area contributed by atoms with E-state index in [0.29, 0.717) is 5.56 Å². The molecule has 0 aliphatic heterocycles. The molecule has 1 aromatic carbocycles. The number of esters is 1. The summed E-state index contributed by atoms with van der Waals surface area (Å²) in [6, 6.07) is 2.85. The molecular formula is C15H18FNO5. The highest BCUT2D eigenvalue weighted by atomic mass is 19.1. The molecule has 0 heterocycles. The summed E-state index contributed by atoms with van der Waals surface area (Å²) in [5.74, 6) is -2.39. The number of rotatable bonds is 8. The first kappa shape index (κ1) is 17.5. The molecule has 0 atom stereocenters. The van der Waals surface area contributed by atoms with Crippen LogP contribution in [0.4, 0.5) is 10.1 Å². The summed E-state index contributed by atoms with van der Waals surface area (Å²) >= 11 is 0. The number of halogens is 1. The molecule has 0 radical (unpaired) electrons. The highest BCUT2D eigenvalue weighted by molar-refractivity contribution is 5.87. The zero-order chi connectivity index (χ0) is 16.5. The predicted octanol–water partition coefficient (Wildman–Crippen LogP) is 2.23. The minimum atomic E-state index is -0.959. The summed E-state index contributed by atoms with van der Waals surface area (Å²) in [6.07, 6.45) is 2.65. The Morgan fingerprint density at radius 3 is 2.77 bits per heavy atom. The lowest BCUT2D eigenvalue weighted by atomic mass is 10.1. The second-order valence-electron chi connectivity index (χ2n) is 4.32. The summed E-state index contributed by atoms with van der Waals surface area (Å²) in [5, 5.41) is 8.55. The molecule has 0 aromatic heterocycles. The van der Waals surface area contributed by atoms with Crippen LogP contribution in [0.3, 0.4) is 0 Å². The molecule has 0 fully saturated rings. The first-order chi connectivity index (χ1) is 10.5. The lowest BCUT2D eigenvalue weighted by Gasteiger charge is -2.11. The lowest BCUT2D eigenvalue weighted by molar-refractivity contribution is -0.138. The molecule has 0 spiro atoms. The number of benzene rings is 1. The van der Waals surface area contributed by atoms with E-state index in [1.807, 2.05) is 0 Å². The topological polar surface area (TPSA) is 98.9 Å². The third-order valence-corrected chi connectivity index (χ3v) is 2.62. The largest absolute Gasteiger partial charge is 0.490 e. The average Bonchev–Trinajstić information content (AvgIpc) is 2.46. The van der Waals surface area contributed by atoms with Gasteiger partial charge in [0.25, 0.3) is 0 Å². The lowest BCUT2D eigenvalue weighted by Crippen LogP contribution is -2.06. The van der Waals surface area contributed by atoms with E-state index in [4.69, 9.17) is 20.3 Å². The van der Waals surface area contributed by atoms with Gasteiger partial charge < -0.3 is 20.3 Å². The van der Waals surface area contributed by atoms with Crippen LogP contribution in [-0.4, -0.2) is 30.3 Å². The Kier molecular flexibility index (Phi) is 6.88. The van der Waals surface area contributed by atoms with E-state index >= 15 is 0 Å². The van der Waals surface area contributed by atoms with Gasteiger partial charge in [-0.3, -0.25) is 4.79 Å². The summed E-state index contributed by atoms with van der Waals surface area (Å²) in [4.78, 5) is 21.7. The maximum Gasteiger partial charge on any atom is 0.330 e. The summed E-state index contributed by atoms with van der Waals surface area (Å²) in [5.41, 5.74) is 5.70. The predicted molar refractivity (Wildman–Crippen MR) is 78.8 cm³/mol. The Hall–Kier alpha value is -2.57. The Labute approximate surface area is 127 Å². The number of aliphatic carboxylic acids is 1. The molecule has 6 nitrogen and oxygen atoms in total. The molecule has 0 saturated carbocycles. The first-order valence-corrected chi connectivity index (χ1v) is 6.73. The van der Waals surface area contributed by atoms with Gasteiger partial charge in [-0.2, -0.15) is 0 Å². The Morgan fingerprint density at radius 1 is 1.41 bits per heavy atom. The van der Waals surface area contributed by atoms with Gasteiger partial charge in [0.2, 0.25) is 0 Å². The van der Waals surface area contributed by atoms with Crippen LogP contribution in [0.15, 0.2) is 18.2 Å². The van der Waals surface area contributed by atoms with Gasteiger partial charge in [-0.1, -0.05) is 0 Å². The molecule has 3 N–H and O–H groups in total. The van der Waals surface area contributed by atoms with E-state index in [0.717, 1.165) is 6.08 Å². The highest BCUT2D eigenvalue weighted by Crippen LogP contribution is 2.28. The molecule has 0 bridgehead atoms. The van der Waals surface area contributed by atoms with Crippen LogP contribution in [-0.2, 0) is 14.3 Å². The fraction of sp³-hybridized carbons (Fsp3) is 0.333. The SMILES string of the molecule is CCOC(=O)C=Cc1ccc(N)c(F)c1OCCCC(=O)O. The molecule has 120 valence electrons. The number of nitrogens with two attached hydrogens (primary N) is 1. The van der Waals surface area contributed by atoms with Crippen LogP contribution >= 0.6 is 0 Å². The third kappa shape index (κ3) is 5.43. The number of anilines is 1. The van der Waals surface area contributed by atoms with Crippen molar-refractivity contribution in [2.75, 3.05) is 18.9 Å². The maximum atomic E-state index is 14.0. The molecule has 0 aliphatic carbocycles. The van der Waals surface area contributed by atoms with Crippen molar-refractivity contribution in [1.82, 2.24) is 0 Å². The molecular weight excluding hydrogens is 293 g/mol. The molecule has 0 aliphatic rings. The number of nitrogen functional groups attached to an aromatic ring is 1. The Morgan fingerprint density at radius 2 is 2.14 bits per heavy atom. The number of carboxylic acid groups (broad SMARTS) is 1. The molecule has 22 heavy (non-hydrogen) atoms. The van der Waals surface area contributed by atoms with Crippen molar-refractivity contribution in [2.45, 2.75) is 19.8 Å². The van der Waals surface area contributed by atoms with Crippen LogP contribution in [0.25, 0.3) is 6.08 Å². The van der Waals surface area contributed by atoms with Crippen LogP contribution in [0.2, 0.25) is 0 Å². The fourth-order valence-corrected chi connectivity index (χ4v) is 1.61. The van der Waals surface area contributed by atoms with Crippen molar-refractivity contribution < 1.29 is 28.6 Å². The van der Waals surface area contributed by atoms with Crippen LogP contribution in [0.5, 0.6) is 5.75 Å². The van der Waals surface area contributed by atoms with Crippen molar-refractivity contribution in [3.05, 3.63) is 29.6 Å². The summed E-state index contributed by atoms with van der Waals surface area (Å²) in [7, 11) is 0. The number of carboxylic acids is 1. The summed E-state index contributed by atoms with van der Waals surface area (Å²) < 4.78 is 24.0. The van der Waals surface area contributed by atoms with Gasteiger partial charge in [-0.05, 0) is 31.6 Å². The first-order valence-electron chi connectivity index (χ1n) is 6.73. The van der Waals surface area contributed by atoms with Gasteiger partial charge in [0.1, 0.15) is 0 Å². The van der Waals surface area contributed by atoms with Crippen LogP contribution in [0.1, 0.15) is 25.3 Å². The van der Waals surface area contributed by atoms with Crippen molar-refractivity contribution in [3.63, 3.8) is 0 Å². The van der Waals surface area contributed by atoms with Gasteiger partial charge in [-0.15, -0.1) is 0 Å². The smallest absolute Gasteiger partial charge is 0.330 e. The normalized spacial score (nSPS) is 10.6. The van der Waals surface area contributed by atoms with Crippen molar-refractivity contribution in [3.8, 4) is 5.75 Å². The van der Waals surface area contributed by atoms with Crippen LogP contribution < -0.4 is 10.5 Å². The van der Waals surface area contributed by atoms with E-state index in [2.05, 4.69) is 0 Å². The van der Waals surface area contributed by atoms with Gasteiger partial charge in [0.15, 0.2) is 11.6 Å². The maximum absolute atomic E-state index is 14.0. The Bertz CT molecular complexity index is 571. The quantitative estimate of drug-likeness (QED) is 0.330. The van der Waals surface area contributed by atoms with E-state index < -0.39 is 17.8 Å². The number of hydrogen-bond acceptors (Lipinski definition) is 5. The molecule has 1 rings (SSSR count). The average molecular weight is 311 g/mol. The molecule has 0 amide bonds. The van der Waals surface area contributed by atoms with Gasteiger partial charge in [-0.25, -0.2) is 9.18 Å². The number of ether oxygens (including phenoxy) is 2. The van der Waals surface area contributed by atoms with Gasteiger partial charge >= 0.3 is 11.9 Å².